The summed E-state index contributed by atoms with van der Waals surface area (Å²) < 4.78 is 0. The van der Waals surface area contributed by atoms with E-state index < -0.39 is 0 Å². The number of hydrogen-bond acceptors (Lipinski definition) is 0. The molecule has 0 heteroatoms. The molecule has 5 atom stereocenters. The van der Waals surface area contributed by atoms with E-state index in [9.17, 15) is 0 Å². The van der Waals surface area contributed by atoms with Crippen LogP contribution in [0.15, 0.2) is 12.2 Å². The molecule has 0 aliphatic heterocycles. The third kappa shape index (κ3) is 0.739. The van der Waals surface area contributed by atoms with Gasteiger partial charge in [0.15, 0.2) is 0 Å². The van der Waals surface area contributed by atoms with Crippen LogP contribution in [0.25, 0.3) is 0 Å². The Hall–Kier alpha value is -0.260. The van der Waals surface area contributed by atoms with Crippen molar-refractivity contribution in [1.82, 2.24) is 0 Å². The summed E-state index contributed by atoms with van der Waals surface area (Å²) in [5, 5.41) is 0. The summed E-state index contributed by atoms with van der Waals surface area (Å²) in [7, 11) is 0. The molecule has 0 amide bonds. The summed E-state index contributed by atoms with van der Waals surface area (Å²) in [5.41, 5.74) is 1.62. The molecule has 4 fully saturated rings. The van der Waals surface area contributed by atoms with E-state index in [1.54, 1.807) is 12.0 Å². The van der Waals surface area contributed by atoms with Gasteiger partial charge in [0.25, 0.3) is 0 Å². The molecule has 4 saturated carbocycles. The summed E-state index contributed by atoms with van der Waals surface area (Å²) in [6.45, 7) is 6.76. The van der Waals surface area contributed by atoms with Crippen molar-refractivity contribution < 1.29 is 0 Å². The van der Waals surface area contributed by atoms with Gasteiger partial charge in [-0.3, -0.25) is 0 Å². The van der Waals surface area contributed by atoms with Gasteiger partial charge in [-0.25, -0.2) is 0 Å². The van der Waals surface area contributed by atoms with Crippen molar-refractivity contribution >= 4 is 0 Å². The molecule has 4 bridgehead atoms. The fourth-order valence-electron chi connectivity index (χ4n) is 4.10. The highest BCUT2D eigenvalue weighted by Gasteiger charge is 2.48. The second-order valence-corrected chi connectivity index (χ2v) is 5.31. The lowest BCUT2D eigenvalue weighted by Gasteiger charge is -2.54. The Balaban J connectivity index is 1.98. The Morgan fingerprint density at radius 3 is 2.83 bits per heavy atom. The van der Waals surface area contributed by atoms with Crippen LogP contribution in [0, 0.1) is 29.6 Å². The Morgan fingerprint density at radius 2 is 2.00 bits per heavy atom. The first-order valence-electron chi connectivity index (χ1n) is 5.44. The number of allylic oxidation sites excluding steroid dienone is 1. The molecule has 4 unspecified atom stereocenters. The van der Waals surface area contributed by atoms with E-state index in [1.807, 2.05) is 0 Å². The Bertz CT molecular complexity index is 228. The SMILES string of the molecule is C=C1C2CC3CC(C2)[C@@H](C)C1C3. The quantitative estimate of drug-likeness (QED) is 0.480. The van der Waals surface area contributed by atoms with E-state index in [1.165, 1.54) is 19.3 Å². The highest BCUT2D eigenvalue weighted by Crippen LogP contribution is 2.58. The topological polar surface area (TPSA) is 0 Å². The van der Waals surface area contributed by atoms with Crippen LogP contribution in [0.4, 0.5) is 0 Å². The number of hydrogen-bond donors (Lipinski definition) is 0. The predicted octanol–water partition coefficient (Wildman–Crippen LogP) is 3.24. The third-order valence-electron chi connectivity index (χ3n) is 4.81. The first kappa shape index (κ1) is 7.17. The first-order valence-corrected chi connectivity index (χ1v) is 5.44. The summed E-state index contributed by atoms with van der Waals surface area (Å²) >= 11 is 0. The molecule has 0 heterocycles. The largest absolute Gasteiger partial charge is 0.0993 e. The second kappa shape index (κ2) is 2.16. The predicted molar refractivity (Wildman–Crippen MR) is 50.7 cm³/mol. The highest BCUT2D eigenvalue weighted by molar-refractivity contribution is 5.18. The van der Waals surface area contributed by atoms with Crippen LogP contribution in [-0.4, -0.2) is 0 Å². The van der Waals surface area contributed by atoms with Crippen molar-refractivity contribution in [3.63, 3.8) is 0 Å². The number of rotatable bonds is 0. The van der Waals surface area contributed by atoms with Crippen LogP contribution in [0.5, 0.6) is 0 Å². The summed E-state index contributed by atoms with van der Waals surface area (Å²) in [4.78, 5) is 0. The molecule has 0 aromatic heterocycles. The maximum Gasteiger partial charge on any atom is -0.0172 e. The minimum atomic E-state index is 0.918. The molecule has 0 saturated heterocycles. The van der Waals surface area contributed by atoms with Crippen LogP contribution >= 0.6 is 0 Å². The Kier molecular flexibility index (Phi) is 1.29. The van der Waals surface area contributed by atoms with Crippen LogP contribution in [0.3, 0.4) is 0 Å². The van der Waals surface area contributed by atoms with Crippen molar-refractivity contribution in [2.75, 3.05) is 0 Å². The molecule has 4 aliphatic rings. The average Bonchev–Trinajstić information content (AvgIpc) is 2.07. The molecule has 0 aromatic rings. The van der Waals surface area contributed by atoms with Crippen molar-refractivity contribution in [3.05, 3.63) is 12.2 Å². The van der Waals surface area contributed by atoms with Crippen LogP contribution in [0.2, 0.25) is 0 Å². The zero-order valence-corrected chi connectivity index (χ0v) is 7.92. The molecule has 0 aromatic carbocycles. The lowest BCUT2D eigenvalue weighted by atomic mass is 9.51. The maximum atomic E-state index is 4.30. The van der Waals surface area contributed by atoms with Crippen LogP contribution in [0.1, 0.15) is 32.6 Å². The second-order valence-electron chi connectivity index (χ2n) is 5.31. The molecule has 0 radical (unpaired) electrons. The summed E-state index contributed by atoms with van der Waals surface area (Å²) in [5.74, 6) is 4.97. The van der Waals surface area contributed by atoms with Gasteiger partial charge in [0.1, 0.15) is 0 Å². The van der Waals surface area contributed by atoms with Gasteiger partial charge >= 0.3 is 0 Å². The van der Waals surface area contributed by atoms with Crippen LogP contribution < -0.4 is 0 Å². The molecule has 0 spiro atoms. The van der Waals surface area contributed by atoms with Gasteiger partial charge in [-0.1, -0.05) is 19.1 Å². The van der Waals surface area contributed by atoms with E-state index in [2.05, 4.69) is 13.5 Å². The summed E-state index contributed by atoms with van der Waals surface area (Å²) in [6.07, 6.45) is 5.99. The normalized spacial score (nSPS) is 56.4. The van der Waals surface area contributed by atoms with Gasteiger partial charge < -0.3 is 0 Å². The molecular weight excluding hydrogens is 144 g/mol. The molecule has 0 nitrogen and oxygen atoms in total. The molecule has 66 valence electrons. The lowest BCUT2D eigenvalue weighted by molar-refractivity contribution is 0.0185. The smallest absolute Gasteiger partial charge is 0.0172 e. The van der Waals surface area contributed by atoms with Crippen molar-refractivity contribution in [2.45, 2.75) is 32.6 Å². The van der Waals surface area contributed by atoms with Gasteiger partial charge in [0, 0.05) is 0 Å². The van der Waals surface area contributed by atoms with E-state index in [0.717, 1.165) is 29.6 Å². The van der Waals surface area contributed by atoms with Gasteiger partial charge in [-0.2, -0.15) is 0 Å². The zero-order chi connectivity index (χ0) is 8.29. The van der Waals surface area contributed by atoms with Gasteiger partial charge in [0.05, 0.1) is 0 Å². The lowest BCUT2D eigenvalue weighted by Crippen LogP contribution is -2.45. The minimum Gasteiger partial charge on any atom is -0.0993 e. The summed E-state index contributed by atoms with van der Waals surface area (Å²) in [6, 6.07) is 0. The average molecular weight is 162 g/mol. The minimum absolute atomic E-state index is 0.918. The first-order chi connectivity index (χ1) is 5.75. The van der Waals surface area contributed by atoms with Crippen molar-refractivity contribution in [2.24, 2.45) is 29.6 Å². The Morgan fingerprint density at radius 1 is 1.17 bits per heavy atom. The fraction of sp³-hybridized carbons (Fsp3) is 0.833. The van der Waals surface area contributed by atoms with Crippen molar-refractivity contribution in [3.8, 4) is 0 Å². The molecular formula is C12H18. The van der Waals surface area contributed by atoms with Crippen LogP contribution in [-0.2, 0) is 0 Å². The molecule has 4 aliphatic carbocycles. The van der Waals surface area contributed by atoms with Gasteiger partial charge in [0.2, 0.25) is 0 Å². The van der Waals surface area contributed by atoms with Crippen molar-refractivity contribution in [1.29, 1.82) is 0 Å². The van der Waals surface area contributed by atoms with Gasteiger partial charge in [-0.15, -0.1) is 0 Å². The monoisotopic (exact) mass is 162 g/mol. The van der Waals surface area contributed by atoms with Gasteiger partial charge in [-0.05, 0) is 55.3 Å². The standard InChI is InChI=1S/C12H18/c1-7-10-3-9-4-11(6-10)8(2)12(7)5-9/h8-12H,1,3-6H2,2H3/t8-,9?,10?,11?,12?/m1/s1. The molecule has 12 heavy (non-hydrogen) atoms. The highest BCUT2D eigenvalue weighted by atomic mass is 14.5. The molecule has 4 rings (SSSR count). The van der Waals surface area contributed by atoms with E-state index in [-0.39, 0.29) is 0 Å². The molecule has 0 N–H and O–H groups in total. The van der Waals surface area contributed by atoms with E-state index in [0.29, 0.717) is 0 Å². The fourth-order valence-corrected chi connectivity index (χ4v) is 4.10. The Labute approximate surface area is 75.0 Å². The van der Waals surface area contributed by atoms with E-state index in [4.69, 9.17) is 0 Å². The zero-order valence-electron chi connectivity index (χ0n) is 7.92. The maximum absolute atomic E-state index is 4.30. The third-order valence-corrected chi connectivity index (χ3v) is 4.81. The van der Waals surface area contributed by atoms with E-state index >= 15 is 0 Å².